The lowest BCUT2D eigenvalue weighted by molar-refractivity contribution is -0.137. The van der Waals surface area contributed by atoms with Gasteiger partial charge in [-0.15, -0.1) is 0 Å². The summed E-state index contributed by atoms with van der Waals surface area (Å²) < 4.78 is 11.2. The lowest BCUT2D eigenvalue weighted by Gasteiger charge is -2.17. The maximum atomic E-state index is 12.7. The zero-order valence-corrected chi connectivity index (χ0v) is 20.7. The van der Waals surface area contributed by atoms with E-state index in [-0.39, 0.29) is 30.5 Å². The Hall–Kier alpha value is -4.06. The second-order valence-electron chi connectivity index (χ2n) is 9.67. The maximum absolute atomic E-state index is 12.7. The number of esters is 1. The molecular weight excluding hydrogens is 452 g/mol. The Morgan fingerprint density at radius 2 is 1.61 bits per heavy atom. The van der Waals surface area contributed by atoms with Crippen molar-refractivity contribution >= 4 is 23.0 Å². The number of H-pyrrole nitrogens is 1. The summed E-state index contributed by atoms with van der Waals surface area (Å²) in [7, 11) is 0. The number of fused-ring (bicyclic) bond motifs is 4. The number of carbonyl (C=O) groups excluding carboxylic acids is 2. The molecule has 36 heavy (non-hydrogen) atoms. The first-order valence-electron chi connectivity index (χ1n) is 12.3. The number of aromatic amines is 1. The van der Waals surface area contributed by atoms with E-state index in [0.29, 0.717) is 12.2 Å². The molecule has 0 bridgehead atoms. The standard InChI is InChI=1S/C30H30N2O4/c1-18(2)29(33)36-21-12-13-28-26(15-21)20(16-31-28)14-19(3)32-30(34)35-17-27-24-10-6-4-8-22(24)23-9-5-7-11-25(23)27/h4-13,15-16,18-19,27,31H,14,17H2,1-3H3,(H,32,34). The van der Waals surface area contributed by atoms with Crippen LogP contribution < -0.4 is 10.1 Å². The fourth-order valence-electron chi connectivity index (χ4n) is 4.85. The van der Waals surface area contributed by atoms with Crippen molar-refractivity contribution in [1.29, 1.82) is 0 Å². The van der Waals surface area contributed by atoms with Gasteiger partial charge in [-0.25, -0.2) is 4.79 Å². The van der Waals surface area contributed by atoms with Gasteiger partial charge in [-0.2, -0.15) is 0 Å². The van der Waals surface area contributed by atoms with Crippen LogP contribution in [0.1, 0.15) is 43.4 Å². The van der Waals surface area contributed by atoms with E-state index < -0.39 is 6.09 Å². The van der Waals surface area contributed by atoms with Crippen molar-refractivity contribution in [3.8, 4) is 16.9 Å². The zero-order valence-electron chi connectivity index (χ0n) is 20.7. The molecular formula is C30H30N2O4. The minimum atomic E-state index is -0.434. The van der Waals surface area contributed by atoms with E-state index in [1.165, 1.54) is 22.3 Å². The molecule has 1 aliphatic rings. The van der Waals surface area contributed by atoms with Crippen molar-refractivity contribution in [3.63, 3.8) is 0 Å². The van der Waals surface area contributed by atoms with Crippen LogP contribution in [-0.4, -0.2) is 29.7 Å². The van der Waals surface area contributed by atoms with E-state index in [0.717, 1.165) is 16.5 Å². The molecule has 0 aliphatic heterocycles. The maximum Gasteiger partial charge on any atom is 0.407 e. The number of alkyl carbamates (subject to hydrolysis) is 1. The molecule has 1 unspecified atom stereocenters. The first-order chi connectivity index (χ1) is 17.4. The molecule has 0 radical (unpaired) electrons. The van der Waals surface area contributed by atoms with E-state index in [2.05, 4.69) is 34.6 Å². The average Bonchev–Trinajstić information content (AvgIpc) is 3.41. The Labute approximate surface area is 210 Å². The number of benzene rings is 3. The molecule has 5 rings (SSSR count). The fraction of sp³-hybridized carbons (Fsp3) is 0.267. The molecule has 0 saturated carbocycles. The largest absolute Gasteiger partial charge is 0.449 e. The van der Waals surface area contributed by atoms with Gasteiger partial charge >= 0.3 is 12.1 Å². The summed E-state index contributed by atoms with van der Waals surface area (Å²) in [5.74, 6) is 0.0720. The van der Waals surface area contributed by atoms with E-state index >= 15 is 0 Å². The summed E-state index contributed by atoms with van der Waals surface area (Å²) in [6, 6.07) is 22.0. The van der Waals surface area contributed by atoms with Crippen molar-refractivity contribution in [2.75, 3.05) is 6.61 Å². The van der Waals surface area contributed by atoms with Crippen LogP contribution in [0, 0.1) is 5.92 Å². The van der Waals surface area contributed by atoms with Crippen LogP contribution in [0.3, 0.4) is 0 Å². The van der Waals surface area contributed by atoms with Crippen molar-refractivity contribution in [1.82, 2.24) is 10.3 Å². The SMILES string of the molecule is CC(Cc1c[nH]c2ccc(OC(=O)C(C)C)cc12)NC(=O)OCC1c2ccccc2-c2ccccc21. The van der Waals surface area contributed by atoms with Crippen LogP contribution in [0.4, 0.5) is 4.79 Å². The predicted octanol–water partition coefficient (Wildman–Crippen LogP) is 6.20. The molecule has 184 valence electrons. The van der Waals surface area contributed by atoms with Gasteiger partial charge in [-0.3, -0.25) is 4.79 Å². The van der Waals surface area contributed by atoms with Crippen molar-refractivity contribution in [2.45, 2.75) is 39.2 Å². The van der Waals surface area contributed by atoms with E-state index in [9.17, 15) is 9.59 Å². The topological polar surface area (TPSA) is 80.4 Å². The second kappa shape index (κ2) is 9.90. The highest BCUT2D eigenvalue weighted by Crippen LogP contribution is 2.44. The molecule has 1 aliphatic carbocycles. The van der Waals surface area contributed by atoms with Crippen molar-refractivity contribution in [3.05, 3.63) is 89.6 Å². The number of aromatic nitrogens is 1. The smallest absolute Gasteiger partial charge is 0.407 e. The molecule has 3 aromatic carbocycles. The number of carbonyl (C=O) groups is 2. The molecule has 0 fully saturated rings. The van der Waals surface area contributed by atoms with Gasteiger partial charge < -0.3 is 19.8 Å². The zero-order chi connectivity index (χ0) is 25.2. The molecule has 1 amide bonds. The van der Waals surface area contributed by atoms with E-state index in [1.54, 1.807) is 19.9 Å². The summed E-state index contributed by atoms with van der Waals surface area (Å²) in [6.07, 6.45) is 2.09. The lowest BCUT2D eigenvalue weighted by atomic mass is 9.98. The predicted molar refractivity (Wildman–Crippen MR) is 140 cm³/mol. The first kappa shape index (κ1) is 23.7. The normalized spacial score (nSPS) is 13.3. The number of nitrogens with one attached hydrogen (secondary N) is 2. The van der Waals surface area contributed by atoms with Crippen LogP contribution in [-0.2, 0) is 16.0 Å². The number of hydrogen-bond donors (Lipinski definition) is 2. The summed E-state index contributed by atoms with van der Waals surface area (Å²) in [5, 5.41) is 3.92. The highest BCUT2D eigenvalue weighted by molar-refractivity contribution is 5.86. The molecule has 6 nitrogen and oxygen atoms in total. The van der Waals surface area contributed by atoms with Gasteiger partial charge in [0.2, 0.25) is 0 Å². The lowest BCUT2D eigenvalue weighted by Crippen LogP contribution is -2.35. The van der Waals surface area contributed by atoms with Gasteiger partial charge in [0.05, 0.1) is 5.92 Å². The molecule has 0 saturated heterocycles. The summed E-state index contributed by atoms with van der Waals surface area (Å²) in [4.78, 5) is 27.9. The third kappa shape index (κ3) is 4.71. The highest BCUT2D eigenvalue weighted by Gasteiger charge is 2.29. The molecule has 4 aromatic rings. The van der Waals surface area contributed by atoms with Gasteiger partial charge in [0.15, 0.2) is 0 Å². The van der Waals surface area contributed by atoms with Gasteiger partial charge in [0.1, 0.15) is 12.4 Å². The quantitative estimate of drug-likeness (QED) is 0.243. The number of rotatable bonds is 7. The van der Waals surface area contributed by atoms with Gasteiger partial charge in [0.25, 0.3) is 0 Å². The molecule has 6 heteroatoms. The Morgan fingerprint density at radius 1 is 0.944 bits per heavy atom. The van der Waals surface area contributed by atoms with Crippen molar-refractivity contribution in [2.24, 2.45) is 5.92 Å². The molecule has 0 spiro atoms. The molecule has 1 aromatic heterocycles. The van der Waals surface area contributed by atoms with Crippen LogP contribution in [0.5, 0.6) is 5.75 Å². The third-order valence-corrected chi connectivity index (χ3v) is 6.66. The number of hydrogen-bond acceptors (Lipinski definition) is 4. The Balaban J connectivity index is 1.22. The molecule has 1 atom stereocenters. The van der Waals surface area contributed by atoms with E-state index in [1.807, 2.05) is 49.5 Å². The molecule has 1 heterocycles. The summed E-state index contributed by atoms with van der Waals surface area (Å²) in [6.45, 7) is 5.84. The minimum absolute atomic E-state index is 0.0269. The van der Waals surface area contributed by atoms with Crippen LogP contribution in [0.2, 0.25) is 0 Å². The molecule has 2 N–H and O–H groups in total. The van der Waals surface area contributed by atoms with Crippen LogP contribution >= 0.6 is 0 Å². The number of amides is 1. The Kier molecular flexibility index (Phi) is 6.51. The summed E-state index contributed by atoms with van der Waals surface area (Å²) >= 11 is 0. The van der Waals surface area contributed by atoms with E-state index in [4.69, 9.17) is 9.47 Å². The Bertz CT molecular complexity index is 1380. The average molecular weight is 483 g/mol. The first-order valence-corrected chi connectivity index (χ1v) is 12.3. The van der Waals surface area contributed by atoms with Crippen LogP contribution in [0.25, 0.3) is 22.0 Å². The van der Waals surface area contributed by atoms with Crippen molar-refractivity contribution < 1.29 is 19.1 Å². The summed E-state index contributed by atoms with van der Waals surface area (Å²) in [5.41, 5.74) is 6.75. The van der Waals surface area contributed by atoms with Crippen LogP contribution in [0.15, 0.2) is 72.9 Å². The second-order valence-corrected chi connectivity index (χ2v) is 9.67. The highest BCUT2D eigenvalue weighted by atomic mass is 16.5. The fourth-order valence-corrected chi connectivity index (χ4v) is 4.85. The van der Waals surface area contributed by atoms with Gasteiger partial charge in [0, 0.05) is 29.1 Å². The third-order valence-electron chi connectivity index (χ3n) is 6.66. The number of ether oxygens (including phenoxy) is 2. The minimum Gasteiger partial charge on any atom is -0.449 e. The monoisotopic (exact) mass is 482 g/mol. The van der Waals surface area contributed by atoms with Gasteiger partial charge in [-0.05, 0) is 59.4 Å². The Morgan fingerprint density at radius 3 is 2.28 bits per heavy atom. The van der Waals surface area contributed by atoms with Gasteiger partial charge in [-0.1, -0.05) is 62.4 Å².